The largest absolute Gasteiger partial charge is 0.381 e. The zero-order valence-electron chi connectivity index (χ0n) is 9.35. The summed E-state index contributed by atoms with van der Waals surface area (Å²) in [4.78, 5) is 0. The van der Waals surface area contributed by atoms with E-state index in [-0.39, 0.29) is 0 Å². The molecule has 0 bridgehead atoms. The Morgan fingerprint density at radius 2 is 2.07 bits per heavy atom. The quantitative estimate of drug-likeness (QED) is 0.749. The Hall–Kier alpha value is -0.0800. The SMILES string of the molecule is CNCC1(C2CCCOC2)CCCC1. The molecule has 0 spiro atoms. The number of hydrogen-bond acceptors (Lipinski definition) is 2. The molecule has 2 heteroatoms. The van der Waals surface area contributed by atoms with Crippen LogP contribution in [0.4, 0.5) is 0 Å². The van der Waals surface area contributed by atoms with E-state index in [9.17, 15) is 0 Å². The molecule has 1 saturated carbocycles. The van der Waals surface area contributed by atoms with Gasteiger partial charge in [-0.25, -0.2) is 0 Å². The van der Waals surface area contributed by atoms with E-state index in [1.165, 1.54) is 45.1 Å². The van der Waals surface area contributed by atoms with Crippen LogP contribution in [0, 0.1) is 11.3 Å². The van der Waals surface area contributed by atoms with E-state index in [0.29, 0.717) is 5.41 Å². The standard InChI is InChI=1S/C12H23NO/c1-13-10-12(6-2-3-7-12)11-5-4-8-14-9-11/h11,13H,2-10H2,1H3. The fraction of sp³-hybridized carbons (Fsp3) is 1.00. The molecule has 1 heterocycles. The summed E-state index contributed by atoms with van der Waals surface area (Å²) in [5.74, 6) is 0.825. The third kappa shape index (κ3) is 1.96. The molecule has 82 valence electrons. The van der Waals surface area contributed by atoms with Gasteiger partial charge in [0.15, 0.2) is 0 Å². The Morgan fingerprint density at radius 3 is 2.64 bits per heavy atom. The van der Waals surface area contributed by atoms with Crippen molar-refractivity contribution in [2.24, 2.45) is 11.3 Å². The van der Waals surface area contributed by atoms with Crippen molar-refractivity contribution in [3.05, 3.63) is 0 Å². The molecule has 2 nitrogen and oxygen atoms in total. The lowest BCUT2D eigenvalue weighted by molar-refractivity contribution is -0.00688. The lowest BCUT2D eigenvalue weighted by Crippen LogP contribution is -2.41. The van der Waals surface area contributed by atoms with Crippen LogP contribution >= 0.6 is 0 Å². The summed E-state index contributed by atoms with van der Waals surface area (Å²) in [6, 6.07) is 0. The maximum atomic E-state index is 5.64. The zero-order chi connectivity index (χ0) is 9.86. The van der Waals surface area contributed by atoms with Gasteiger partial charge < -0.3 is 10.1 Å². The van der Waals surface area contributed by atoms with Gasteiger partial charge in [0.1, 0.15) is 0 Å². The van der Waals surface area contributed by atoms with Crippen LogP contribution in [0.5, 0.6) is 0 Å². The predicted octanol–water partition coefficient (Wildman–Crippen LogP) is 2.19. The smallest absolute Gasteiger partial charge is 0.0500 e. The molecule has 1 saturated heterocycles. The van der Waals surface area contributed by atoms with E-state index in [2.05, 4.69) is 12.4 Å². The Bertz CT molecular complexity index is 169. The lowest BCUT2D eigenvalue weighted by Gasteiger charge is -2.39. The number of rotatable bonds is 3. The Labute approximate surface area is 87.4 Å². The minimum absolute atomic E-state index is 0.579. The normalized spacial score (nSPS) is 31.9. The molecule has 0 aromatic carbocycles. The first-order chi connectivity index (χ1) is 6.87. The molecule has 2 aliphatic rings. The molecule has 14 heavy (non-hydrogen) atoms. The van der Waals surface area contributed by atoms with Gasteiger partial charge in [-0.05, 0) is 44.1 Å². The molecule has 1 aliphatic heterocycles. The van der Waals surface area contributed by atoms with E-state index in [1.54, 1.807) is 0 Å². The highest BCUT2D eigenvalue weighted by molar-refractivity contribution is 4.92. The summed E-state index contributed by atoms with van der Waals surface area (Å²) in [6.45, 7) is 3.20. The Kier molecular flexibility index (Phi) is 3.45. The highest BCUT2D eigenvalue weighted by atomic mass is 16.5. The second-order valence-electron chi connectivity index (χ2n) is 5.01. The molecule has 1 atom stereocenters. The van der Waals surface area contributed by atoms with Crippen LogP contribution in [-0.4, -0.2) is 26.8 Å². The molecular weight excluding hydrogens is 174 g/mol. The minimum Gasteiger partial charge on any atom is -0.381 e. The summed E-state index contributed by atoms with van der Waals surface area (Å²) < 4.78 is 5.64. The van der Waals surface area contributed by atoms with Crippen molar-refractivity contribution in [3.63, 3.8) is 0 Å². The average Bonchev–Trinajstić information content (AvgIpc) is 2.70. The zero-order valence-corrected chi connectivity index (χ0v) is 9.35. The lowest BCUT2D eigenvalue weighted by atomic mass is 9.71. The van der Waals surface area contributed by atoms with Crippen LogP contribution in [-0.2, 0) is 4.74 Å². The van der Waals surface area contributed by atoms with Gasteiger partial charge in [0, 0.05) is 19.8 Å². The maximum absolute atomic E-state index is 5.64. The van der Waals surface area contributed by atoms with Crippen LogP contribution in [0.1, 0.15) is 38.5 Å². The predicted molar refractivity (Wildman–Crippen MR) is 58.4 cm³/mol. The number of hydrogen-bond donors (Lipinski definition) is 1. The van der Waals surface area contributed by atoms with Gasteiger partial charge in [0.25, 0.3) is 0 Å². The second-order valence-corrected chi connectivity index (χ2v) is 5.01. The fourth-order valence-corrected chi connectivity index (χ4v) is 3.38. The van der Waals surface area contributed by atoms with Gasteiger partial charge in [-0.1, -0.05) is 12.8 Å². The molecule has 2 rings (SSSR count). The Morgan fingerprint density at radius 1 is 1.29 bits per heavy atom. The molecule has 1 N–H and O–H groups in total. The molecule has 0 radical (unpaired) electrons. The van der Waals surface area contributed by atoms with Crippen molar-refractivity contribution in [3.8, 4) is 0 Å². The maximum Gasteiger partial charge on any atom is 0.0500 e. The van der Waals surface area contributed by atoms with E-state index in [0.717, 1.165) is 19.1 Å². The second kappa shape index (κ2) is 4.63. The summed E-state index contributed by atoms with van der Waals surface area (Å²) in [5, 5.41) is 3.39. The summed E-state index contributed by atoms with van der Waals surface area (Å²) in [6.07, 6.45) is 8.36. The summed E-state index contributed by atoms with van der Waals surface area (Å²) in [5.41, 5.74) is 0.579. The van der Waals surface area contributed by atoms with Gasteiger partial charge in [-0.2, -0.15) is 0 Å². The number of nitrogens with one attached hydrogen (secondary N) is 1. The molecule has 1 aliphatic carbocycles. The van der Waals surface area contributed by atoms with Gasteiger partial charge >= 0.3 is 0 Å². The van der Waals surface area contributed by atoms with Crippen molar-refractivity contribution < 1.29 is 4.74 Å². The van der Waals surface area contributed by atoms with Gasteiger partial charge in [0.2, 0.25) is 0 Å². The minimum atomic E-state index is 0.579. The fourth-order valence-electron chi connectivity index (χ4n) is 3.38. The first-order valence-electron chi connectivity index (χ1n) is 6.10. The molecule has 1 unspecified atom stereocenters. The highest BCUT2D eigenvalue weighted by Crippen LogP contribution is 2.46. The van der Waals surface area contributed by atoms with E-state index in [4.69, 9.17) is 4.74 Å². The topological polar surface area (TPSA) is 21.3 Å². The van der Waals surface area contributed by atoms with Crippen LogP contribution in [0.15, 0.2) is 0 Å². The summed E-state index contributed by atoms with van der Waals surface area (Å²) in [7, 11) is 2.09. The third-order valence-electron chi connectivity index (χ3n) is 4.15. The third-order valence-corrected chi connectivity index (χ3v) is 4.15. The van der Waals surface area contributed by atoms with Crippen molar-refractivity contribution in [1.29, 1.82) is 0 Å². The van der Waals surface area contributed by atoms with Crippen molar-refractivity contribution in [1.82, 2.24) is 5.32 Å². The van der Waals surface area contributed by atoms with Crippen molar-refractivity contribution >= 4 is 0 Å². The molecule has 0 amide bonds. The first-order valence-corrected chi connectivity index (χ1v) is 6.10. The first kappa shape index (κ1) is 10.4. The highest BCUT2D eigenvalue weighted by Gasteiger charge is 2.41. The van der Waals surface area contributed by atoms with Crippen LogP contribution in [0.25, 0.3) is 0 Å². The van der Waals surface area contributed by atoms with Crippen molar-refractivity contribution in [2.75, 3.05) is 26.8 Å². The van der Waals surface area contributed by atoms with E-state index >= 15 is 0 Å². The molecule has 2 fully saturated rings. The Balaban J connectivity index is 2.00. The van der Waals surface area contributed by atoms with Gasteiger partial charge in [-0.15, -0.1) is 0 Å². The molecule has 0 aromatic heterocycles. The van der Waals surface area contributed by atoms with Gasteiger partial charge in [0.05, 0.1) is 0 Å². The van der Waals surface area contributed by atoms with E-state index in [1.807, 2.05) is 0 Å². The van der Waals surface area contributed by atoms with Gasteiger partial charge in [-0.3, -0.25) is 0 Å². The number of ether oxygens (including phenoxy) is 1. The van der Waals surface area contributed by atoms with E-state index < -0.39 is 0 Å². The monoisotopic (exact) mass is 197 g/mol. The van der Waals surface area contributed by atoms with Crippen molar-refractivity contribution in [2.45, 2.75) is 38.5 Å². The van der Waals surface area contributed by atoms with Crippen LogP contribution < -0.4 is 5.32 Å². The molecular formula is C12H23NO. The summed E-state index contributed by atoms with van der Waals surface area (Å²) >= 11 is 0. The van der Waals surface area contributed by atoms with Crippen LogP contribution in [0.2, 0.25) is 0 Å². The van der Waals surface area contributed by atoms with Crippen LogP contribution in [0.3, 0.4) is 0 Å². The average molecular weight is 197 g/mol. The molecule has 0 aromatic rings.